The molecule has 5 N–H and O–H groups in total. The summed E-state index contributed by atoms with van der Waals surface area (Å²) >= 11 is 0. The standard InChI is InChI=1S/C3H5F3O3S.H3N/c4-3(5,6)1-2-10(7,8)9;/h1-2H2,(H,7,8,9);1H3/p+1. The van der Waals surface area contributed by atoms with E-state index in [1.165, 1.54) is 0 Å². The van der Waals surface area contributed by atoms with Crippen LogP contribution in [0.4, 0.5) is 13.2 Å². The zero-order valence-corrected chi connectivity index (χ0v) is 6.54. The van der Waals surface area contributed by atoms with Crippen molar-refractivity contribution < 1.29 is 26.1 Å². The summed E-state index contributed by atoms with van der Waals surface area (Å²) in [5, 5.41) is 0. The van der Waals surface area contributed by atoms with Crippen LogP contribution in [0.15, 0.2) is 0 Å². The lowest BCUT2D eigenvalue weighted by atomic mass is 10.5. The molecule has 0 aliphatic heterocycles. The molecule has 0 aromatic carbocycles. The van der Waals surface area contributed by atoms with Crippen molar-refractivity contribution in [3.05, 3.63) is 0 Å². The van der Waals surface area contributed by atoms with Crippen molar-refractivity contribution in [2.24, 2.45) is 0 Å². The summed E-state index contributed by atoms with van der Waals surface area (Å²) in [5.74, 6) is -1.27. The Kier molecular flexibility index (Phi) is 4.68. The van der Waals surface area contributed by atoms with E-state index >= 15 is 0 Å². The van der Waals surface area contributed by atoms with Gasteiger partial charge in [0.05, 0.1) is 12.2 Å². The Balaban J connectivity index is 0. The van der Waals surface area contributed by atoms with Crippen LogP contribution in [-0.2, 0) is 10.1 Å². The molecule has 0 aliphatic rings. The first-order chi connectivity index (χ1) is 4.21. The number of rotatable bonds is 2. The predicted octanol–water partition coefficient (Wildman–Crippen LogP) is 1.20. The van der Waals surface area contributed by atoms with Gasteiger partial charge in [0, 0.05) is 0 Å². The van der Waals surface area contributed by atoms with Crippen LogP contribution < -0.4 is 6.15 Å². The van der Waals surface area contributed by atoms with Crippen LogP contribution in [0.1, 0.15) is 6.42 Å². The monoisotopic (exact) mass is 196 g/mol. The van der Waals surface area contributed by atoms with Crippen LogP contribution in [0.25, 0.3) is 0 Å². The molecular formula is C3H9F3NO3S+. The minimum atomic E-state index is -4.53. The lowest BCUT2D eigenvalue weighted by Crippen LogP contribution is -2.15. The molecule has 0 atom stereocenters. The van der Waals surface area contributed by atoms with Crippen molar-refractivity contribution in [1.29, 1.82) is 0 Å². The Morgan fingerprint density at radius 2 is 1.64 bits per heavy atom. The van der Waals surface area contributed by atoms with Gasteiger partial charge in [0.2, 0.25) is 0 Å². The lowest BCUT2D eigenvalue weighted by molar-refractivity contribution is -0.130. The molecule has 0 saturated carbocycles. The molecule has 0 amide bonds. The average molecular weight is 196 g/mol. The van der Waals surface area contributed by atoms with Crippen molar-refractivity contribution >= 4 is 10.1 Å². The number of alkyl halides is 3. The number of quaternary nitrogens is 1. The molecule has 4 nitrogen and oxygen atoms in total. The van der Waals surface area contributed by atoms with Crippen molar-refractivity contribution in [1.82, 2.24) is 6.15 Å². The maximum atomic E-state index is 11.2. The zero-order valence-electron chi connectivity index (χ0n) is 5.72. The van der Waals surface area contributed by atoms with Crippen LogP contribution in [0.2, 0.25) is 0 Å². The second kappa shape index (κ2) is 3.88. The molecule has 0 aromatic rings. The first-order valence-corrected chi connectivity index (χ1v) is 3.83. The lowest BCUT2D eigenvalue weighted by Gasteiger charge is -2.02. The van der Waals surface area contributed by atoms with E-state index in [4.69, 9.17) is 4.55 Å². The number of hydrogen-bond acceptors (Lipinski definition) is 2. The summed E-state index contributed by atoms with van der Waals surface area (Å²) in [7, 11) is -4.48. The van der Waals surface area contributed by atoms with Gasteiger partial charge in [0.1, 0.15) is 0 Å². The van der Waals surface area contributed by atoms with Crippen molar-refractivity contribution in [3.63, 3.8) is 0 Å². The van der Waals surface area contributed by atoms with Gasteiger partial charge in [-0.2, -0.15) is 21.6 Å². The highest BCUT2D eigenvalue weighted by Crippen LogP contribution is 2.19. The molecule has 0 saturated heterocycles. The summed E-state index contributed by atoms with van der Waals surface area (Å²) in [6.07, 6.45) is -6.04. The Labute approximate surface area is 61.7 Å². The third kappa shape index (κ3) is 12.8. The van der Waals surface area contributed by atoms with E-state index in [-0.39, 0.29) is 6.15 Å². The molecule has 8 heteroatoms. The third-order valence-corrected chi connectivity index (χ3v) is 1.36. The Hall–Kier alpha value is -0.340. The van der Waals surface area contributed by atoms with Gasteiger partial charge in [-0.15, -0.1) is 0 Å². The highest BCUT2D eigenvalue weighted by atomic mass is 32.2. The molecule has 11 heavy (non-hydrogen) atoms. The van der Waals surface area contributed by atoms with Gasteiger partial charge in [-0.05, 0) is 0 Å². The highest BCUT2D eigenvalue weighted by molar-refractivity contribution is 7.85. The van der Waals surface area contributed by atoms with E-state index < -0.39 is 28.5 Å². The topological polar surface area (TPSA) is 90.9 Å². The maximum absolute atomic E-state index is 11.2. The quantitative estimate of drug-likeness (QED) is 0.650. The average Bonchev–Trinajstić information content (AvgIpc) is 1.57. The van der Waals surface area contributed by atoms with Crippen molar-refractivity contribution in [2.45, 2.75) is 12.6 Å². The SMILES string of the molecule is O=S(=O)(O)CCC(F)(F)F.[NH4+]. The van der Waals surface area contributed by atoms with E-state index in [0.717, 1.165) is 0 Å². The first kappa shape index (κ1) is 13.3. The van der Waals surface area contributed by atoms with Crippen LogP contribution in [0, 0.1) is 0 Å². The van der Waals surface area contributed by atoms with Crippen LogP contribution in [-0.4, -0.2) is 24.9 Å². The zero-order chi connectivity index (χ0) is 8.41. The predicted molar refractivity (Wildman–Crippen MR) is 33.1 cm³/mol. The summed E-state index contributed by atoms with van der Waals surface area (Å²) in [4.78, 5) is 0. The van der Waals surface area contributed by atoms with E-state index in [9.17, 15) is 21.6 Å². The summed E-state index contributed by atoms with van der Waals surface area (Å²) in [5.41, 5.74) is 0. The van der Waals surface area contributed by atoms with Gasteiger partial charge in [-0.3, -0.25) is 4.55 Å². The van der Waals surface area contributed by atoms with Crippen molar-refractivity contribution in [2.75, 3.05) is 5.75 Å². The molecule has 0 bridgehead atoms. The van der Waals surface area contributed by atoms with Crippen molar-refractivity contribution in [3.8, 4) is 0 Å². The molecule has 0 aliphatic carbocycles. The van der Waals surface area contributed by atoms with Gasteiger partial charge < -0.3 is 6.15 Å². The molecule has 0 unspecified atom stereocenters. The summed E-state index contributed by atoms with van der Waals surface area (Å²) < 4.78 is 61.0. The molecule has 0 spiro atoms. The van der Waals surface area contributed by atoms with E-state index in [2.05, 4.69) is 0 Å². The van der Waals surface area contributed by atoms with Crippen LogP contribution in [0.5, 0.6) is 0 Å². The fourth-order valence-corrected chi connectivity index (χ4v) is 0.734. The summed E-state index contributed by atoms with van der Waals surface area (Å²) in [6.45, 7) is 0. The summed E-state index contributed by atoms with van der Waals surface area (Å²) in [6, 6.07) is 0. The smallest absolute Gasteiger partial charge is 0.369 e. The van der Waals surface area contributed by atoms with Gasteiger partial charge >= 0.3 is 6.18 Å². The van der Waals surface area contributed by atoms with Crippen LogP contribution >= 0.6 is 0 Å². The second-order valence-electron chi connectivity index (χ2n) is 1.65. The normalized spacial score (nSPS) is 12.4. The minimum Gasteiger partial charge on any atom is -0.369 e. The first-order valence-electron chi connectivity index (χ1n) is 2.23. The van der Waals surface area contributed by atoms with E-state index in [1.807, 2.05) is 0 Å². The Morgan fingerprint density at radius 3 is 1.73 bits per heavy atom. The third-order valence-electron chi connectivity index (χ3n) is 0.643. The van der Waals surface area contributed by atoms with E-state index in [0.29, 0.717) is 0 Å². The van der Waals surface area contributed by atoms with Gasteiger partial charge in [-0.25, -0.2) is 0 Å². The molecule has 0 radical (unpaired) electrons. The maximum Gasteiger partial charge on any atom is 0.390 e. The Bertz CT molecular complexity index is 196. The molecule has 0 heterocycles. The minimum absolute atomic E-state index is 0. The van der Waals surface area contributed by atoms with Gasteiger partial charge in [0.25, 0.3) is 10.1 Å². The highest BCUT2D eigenvalue weighted by Gasteiger charge is 2.29. The van der Waals surface area contributed by atoms with Crippen LogP contribution in [0.3, 0.4) is 0 Å². The fourth-order valence-electron chi connectivity index (χ4n) is 0.245. The second-order valence-corrected chi connectivity index (χ2v) is 3.22. The van der Waals surface area contributed by atoms with Gasteiger partial charge in [0.15, 0.2) is 0 Å². The number of hydrogen-bond donors (Lipinski definition) is 2. The largest absolute Gasteiger partial charge is 0.390 e. The molecule has 70 valence electrons. The van der Waals surface area contributed by atoms with E-state index in [1.54, 1.807) is 0 Å². The molecule has 0 aromatic heterocycles. The fraction of sp³-hybridized carbons (Fsp3) is 1.00. The molecule has 0 fully saturated rings. The molecular weight excluding hydrogens is 187 g/mol. The number of halogens is 3. The van der Waals surface area contributed by atoms with Gasteiger partial charge in [-0.1, -0.05) is 0 Å². The molecule has 0 rings (SSSR count). The Morgan fingerprint density at radius 1 is 1.27 bits per heavy atom.